The van der Waals surface area contributed by atoms with Crippen molar-refractivity contribution < 1.29 is 9.32 Å². The number of pyridine rings is 1. The third-order valence-corrected chi connectivity index (χ3v) is 4.31. The monoisotopic (exact) mass is 354 g/mol. The molecule has 0 aliphatic rings. The first kappa shape index (κ1) is 17.2. The molecular weight excluding hydrogens is 336 g/mol. The SMILES string of the molecule is Cc1cc(C)cc(NC(=O)CSc2ccc(-c3nc(C)no3)cn2)c1. The van der Waals surface area contributed by atoms with Gasteiger partial charge in [-0.1, -0.05) is 23.0 Å². The maximum Gasteiger partial charge on any atom is 0.259 e. The van der Waals surface area contributed by atoms with Gasteiger partial charge in [0.2, 0.25) is 5.91 Å². The van der Waals surface area contributed by atoms with Crippen LogP contribution in [0.25, 0.3) is 11.5 Å². The Balaban J connectivity index is 1.56. The van der Waals surface area contributed by atoms with Gasteiger partial charge in [-0.15, -0.1) is 0 Å². The standard InChI is InChI=1S/C18H18N4O2S/c1-11-6-12(2)8-15(7-11)21-16(23)10-25-17-5-4-14(9-19-17)18-20-13(3)22-24-18/h4-9H,10H2,1-3H3,(H,21,23). The molecule has 128 valence electrons. The molecular formula is C18H18N4O2S. The van der Waals surface area contributed by atoms with E-state index in [1.165, 1.54) is 11.8 Å². The summed E-state index contributed by atoms with van der Waals surface area (Å²) in [6.07, 6.45) is 1.66. The van der Waals surface area contributed by atoms with Crippen LogP contribution in [0.15, 0.2) is 46.1 Å². The summed E-state index contributed by atoms with van der Waals surface area (Å²) < 4.78 is 5.10. The van der Waals surface area contributed by atoms with E-state index in [0.717, 1.165) is 27.4 Å². The fraction of sp³-hybridized carbons (Fsp3) is 0.222. The van der Waals surface area contributed by atoms with Crippen LogP contribution in [0, 0.1) is 20.8 Å². The van der Waals surface area contributed by atoms with Crippen molar-refractivity contribution in [2.75, 3.05) is 11.1 Å². The van der Waals surface area contributed by atoms with Crippen LogP contribution in [0.5, 0.6) is 0 Å². The minimum Gasteiger partial charge on any atom is -0.334 e. The Morgan fingerprint density at radius 2 is 1.92 bits per heavy atom. The number of benzene rings is 1. The van der Waals surface area contributed by atoms with Gasteiger partial charge in [-0.3, -0.25) is 4.79 Å². The lowest BCUT2D eigenvalue weighted by molar-refractivity contribution is -0.113. The zero-order valence-corrected chi connectivity index (χ0v) is 15.1. The van der Waals surface area contributed by atoms with E-state index in [-0.39, 0.29) is 5.91 Å². The molecule has 2 heterocycles. The first-order valence-corrected chi connectivity index (χ1v) is 8.76. The predicted octanol–water partition coefficient (Wildman–Crippen LogP) is 3.79. The van der Waals surface area contributed by atoms with E-state index in [4.69, 9.17) is 4.52 Å². The number of hydrogen-bond acceptors (Lipinski definition) is 6. The van der Waals surface area contributed by atoms with Gasteiger partial charge in [-0.2, -0.15) is 4.98 Å². The van der Waals surface area contributed by atoms with Gasteiger partial charge in [-0.25, -0.2) is 4.98 Å². The molecule has 0 fully saturated rings. The summed E-state index contributed by atoms with van der Waals surface area (Å²) in [5.74, 6) is 1.25. The summed E-state index contributed by atoms with van der Waals surface area (Å²) in [5, 5.41) is 7.43. The summed E-state index contributed by atoms with van der Waals surface area (Å²) >= 11 is 1.38. The zero-order valence-electron chi connectivity index (χ0n) is 14.2. The quantitative estimate of drug-likeness (QED) is 0.702. The highest BCUT2D eigenvalue weighted by Crippen LogP contribution is 2.21. The number of nitrogens with one attached hydrogen (secondary N) is 1. The van der Waals surface area contributed by atoms with E-state index in [2.05, 4.69) is 26.5 Å². The average Bonchev–Trinajstić information content (AvgIpc) is 2.99. The Hall–Kier alpha value is -2.67. The lowest BCUT2D eigenvalue weighted by Crippen LogP contribution is -2.14. The highest BCUT2D eigenvalue weighted by molar-refractivity contribution is 7.99. The predicted molar refractivity (Wildman–Crippen MR) is 97.5 cm³/mol. The van der Waals surface area contributed by atoms with Gasteiger partial charge in [0.25, 0.3) is 5.89 Å². The first-order valence-electron chi connectivity index (χ1n) is 7.77. The van der Waals surface area contributed by atoms with Crippen LogP contribution in [-0.4, -0.2) is 26.8 Å². The van der Waals surface area contributed by atoms with Gasteiger partial charge in [0, 0.05) is 11.9 Å². The molecule has 0 unspecified atom stereocenters. The smallest absolute Gasteiger partial charge is 0.259 e. The molecule has 0 saturated carbocycles. The van der Waals surface area contributed by atoms with Crippen LogP contribution in [-0.2, 0) is 4.79 Å². The summed E-state index contributed by atoms with van der Waals surface area (Å²) in [5.41, 5.74) is 3.82. The highest BCUT2D eigenvalue weighted by atomic mass is 32.2. The molecule has 1 N–H and O–H groups in total. The molecule has 7 heteroatoms. The molecule has 0 saturated heterocycles. The summed E-state index contributed by atoms with van der Waals surface area (Å²) in [6, 6.07) is 9.67. The lowest BCUT2D eigenvalue weighted by atomic mass is 10.1. The van der Waals surface area contributed by atoms with Crippen molar-refractivity contribution in [2.45, 2.75) is 25.8 Å². The number of rotatable bonds is 5. The van der Waals surface area contributed by atoms with Gasteiger partial charge in [0.1, 0.15) is 0 Å². The summed E-state index contributed by atoms with van der Waals surface area (Å²) in [7, 11) is 0. The van der Waals surface area contributed by atoms with E-state index < -0.39 is 0 Å². The average molecular weight is 354 g/mol. The Labute approximate surface area is 150 Å². The van der Waals surface area contributed by atoms with Crippen LogP contribution < -0.4 is 5.32 Å². The van der Waals surface area contributed by atoms with Crippen molar-refractivity contribution in [3.8, 4) is 11.5 Å². The fourth-order valence-corrected chi connectivity index (χ4v) is 3.03. The normalized spacial score (nSPS) is 10.7. The molecule has 25 heavy (non-hydrogen) atoms. The van der Waals surface area contributed by atoms with Gasteiger partial charge < -0.3 is 9.84 Å². The molecule has 1 aromatic carbocycles. The van der Waals surface area contributed by atoms with Crippen molar-refractivity contribution in [2.24, 2.45) is 0 Å². The van der Waals surface area contributed by atoms with E-state index in [9.17, 15) is 4.79 Å². The molecule has 3 aromatic rings. The Morgan fingerprint density at radius 3 is 2.52 bits per heavy atom. The van der Waals surface area contributed by atoms with Gasteiger partial charge in [0.05, 0.1) is 16.3 Å². The second-order valence-corrected chi connectivity index (χ2v) is 6.74. The number of aromatic nitrogens is 3. The molecule has 0 atom stereocenters. The highest BCUT2D eigenvalue weighted by Gasteiger charge is 2.09. The van der Waals surface area contributed by atoms with Crippen LogP contribution in [0.4, 0.5) is 5.69 Å². The van der Waals surface area contributed by atoms with Crippen LogP contribution in [0.2, 0.25) is 0 Å². The van der Waals surface area contributed by atoms with Gasteiger partial charge in [-0.05, 0) is 56.2 Å². The van der Waals surface area contributed by atoms with Crippen molar-refractivity contribution in [3.05, 3.63) is 53.5 Å². The van der Waals surface area contributed by atoms with Gasteiger partial charge in [0.15, 0.2) is 5.82 Å². The summed E-state index contributed by atoms with van der Waals surface area (Å²) in [6.45, 7) is 5.78. The third-order valence-electron chi connectivity index (χ3n) is 3.37. The zero-order chi connectivity index (χ0) is 17.8. The number of hydrogen-bond donors (Lipinski definition) is 1. The number of anilines is 1. The lowest BCUT2D eigenvalue weighted by Gasteiger charge is -2.07. The third kappa shape index (κ3) is 4.67. The largest absolute Gasteiger partial charge is 0.334 e. The first-order chi connectivity index (χ1) is 12.0. The maximum atomic E-state index is 12.1. The molecule has 3 rings (SSSR count). The Bertz CT molecular complexity index is 870. The minimum absolute atomic E-state index is 0.0617. The van der Waals surface area contributed by atoms with Crippen LogP contribution in [0.1, 0.15) is 17.0 Å². The molecule has 0 radical (unpaired) electrons. The maximum absolute atomic E-state index is 12.1. The van der Waals surface area contributed by atoms with E-state index in [1.807, 2.05) is 38.1 Å². The van der Waals surface area contributed by atoms with Crippen molar-refractivity contribution in [1.29, 1.82) is 0 Å². The van der Waals surface area contributed by atoms with E-state index >= 15 is 0 Å². The minimum atomic E-state index is -0.0617. The van der Waals surface area contributed by atoms with E-state index in [1.54, 1.807) is 13.1 Å². The van der Waals surface area contributed by atoms with Gasteiger partial charge >= 0.3 is 0 Å². The number of carbonyl (C=O) groups is 1. The second kappa shape index (κ2) is 7.48. The van der Waals surface area contributed by atoms with Crippen molar-refractivity contribution in [1.82, 2.24) is 15.1 Å². The topological polar surface area (TPSA) is 80.9 Å². The summed E-state index contributed by atoms with van der Waals surface area (Å²) in [4.78, 5) is 20.6. The molecule has 0 spiro atoms. The van der Waals surface area contributed by atoms with Crippen LogP contribution in [0.3, 0.4) is 0 Å². The number of aryl methyl sites for hydroxylation is 3. The van der Waals surface area contributed by atoms with Crippen molar-refractivity contribution in [3.63, 3.8) is 0 Å². The second-order valence-electron chi connectivity index (χ2n) is 5.75. The molecule has 1 amide bonds. The molecule has 0 aliphatic heterocycles. The Morgan fingerprint density at radius 1 is 1.16 bits per heavy atom. The Kier molecular flexibility index (Phi) is 5.14. The molecule has 0 aliphatic carbocycles. The number of amides is 1. The van der Waals surface area contributed by atoms with Crippen molar-refractivity contribution >= 4 is 23.4 Å². The fourth-order valence-electron chi connectivity index (χ4n) is 2.39. The molecule has 6 nitrogen and oxygen atoms in total. The number of thioether (sulfide) groups is 1. The molecule has 2 aromatic heterocycles. The van der Waals surface area contributed by atoms with Crippen LogP contribution >= 0.6 is 11.8 Å². The number of nitrogens with zero attached hydrogens (tertiary/aromatic N) is 3. The number of carbonyl (C=O) groups excluding carboxylic acids is 1. The van der Waals surface area contributed by atoms with E-state index in [0.29, 0.717) is 17.5 Å². The molecule has 0 bridgehead atoms.